The van der Waals surface area contributed by atoms with Crippen LogP contribution in [0.25, 0.3) is 0 Å². The van der Waals surface area contributed by atoms with Crippen LogP contribution in [0.15, 0.2) is 48.1 Å². The Morgan fingerprint density at radius 1 is 1.32 bits per heavy atom. The van der Waals surface area contributed by atoms with Crippen LogP contribution < -0.4 is 5.32 Å². The number of carbonyl (C=O) groups is 1. The lowest BCUT2D eigenvalue weighted by Crippen LogP contribution is -2.31. The Morgan fingerprint density at radius 3 is 2.59 bits per heavy atom. The molecule has 2 N–H and O–H groups in total. The minimum Gasteiger partial charge on any atom is -0.508 e. The molecule has 0 saturated heterocycles. The van der Waals surface area contributed by atoms with Crippen LogP contribution in [0.4, 0.5) is 0 Å². The van der Waals surface area contributed by atoms with Gasteiger partial charge in [0.25, 0.3) is 0 Å². The number of rotatable bonds is 8. The first-order valence-electron chi connectivity index (χ1n) is 7.94. The van der Waals surface area contributed by atoms with Gasteiger partial charge in [0.2, 0.25) is 5.91 Å². The molecule has 22 heavy (non-hydrogen) atoms. The van der Waals surface area contributed by atoms with Crippen LogP contribution in [-0.2, 0) is 11.2 Å². The van der Waals surface area contributed by atoms with E-state index in [0.717, 1.165) is 24.8 Å². The van der Waals surface area contributed by atoms with Gasteiger partial charge in [-0.25, -0.2) is 0 Å². The number of hydrogen-bond acceptors (Lipinski definition) is 2. The highest BCUT2D eigenvalue weighted by Crippen LogP contribution is 2.14. The van der Waals surface area contributed by atoms with Crippen molar-refractivity contribution in [2.45, 2.75) is 40.0 Å². The smallest absolute Gasteiger partial charge is 0.223 e. The molecule has 0 radical (unpaired) electrons. The van der Waals surface area contributed by atoms with Gasteiger partial charge in [-0.15, -0.1) is 0 Å². The maximum atomic E-state index is 12.1. The maximum Gasteiger partial charge on any atom is 0.223 e. The molecule has 0 aliphatic heterocycles. The molecule has 1 atom stereocenters. The first kappa shape index (κ1) is 18.0. The standard InChI is InChI=1S/C19H27NO2/c1-4-6-7-16(5-2)14-15(3)19(22)20-13-12-17-8-10-18(21)11-9-17/h5-11,15,21H,4,12-14H2,1-3H3,(H,20,22)/b7-6-,16-5+. The van der Waals surface area contributed by atoms with Crippen LogP contribution in [-0.4, -0.2) is 17.6 Å². The summed E-state index contributed by atoms with van der Waals surface area (Å²) in [5.74, 6) is 0.316. The molecule has 0 spiro atoms. The lowest BCUT2D eigenvalue weighted by atomic mass is 9.99. The third-order valence-electron chi connectivity index (χ3n) is 3.58. The summed E-state index contributed by atoms with van der Waals surface area (Å²) >= 11 is 0. The number of nitrogens with one attached hydrogen (secondary N) is 1. The van der Waals surface area contributed by atoms with E-state index in [4.69, 9.17) is 0 Å². The van der Waals surface area contributed by atoms with Crippen molar-refractivity contribution in [2.75, 3.05) is 6.54 Å². The fraction of sp³-hybridized carbons (Fsp3) is 0.421. The van der Waals surface area contributed by atoms with Gasteiger partial charge >= 0.3 is 0 Å². The fourth-order valence-electron chi connectivity index (χ4n) is 2.16. The summed E-state index contributed by atoms with van der Waals surface area (Å²) in [5.41, 5.74) is 2.30. The average Bonchev–Trinajstić information content (AvgIpc) is 2.52. The van der Waals surface area contributed by atoms with E-state index in [1.807, 2.05) is 26.0 Å². The van der Waals surface area contributed by atoms with Gasteiger partial charge in [0.05, 0.1) is 0 Å². The number of benzene rings is 1. The Hall–Kier alpha value is -2.03. The monoisotopic (exact) mass is 301 g/mol. The lowest BCUT2D eigenvalue weighted by Gasteiger charge is -2.13. The number of aromatic hydroxyl groups is 1. The van der Waals surface area contributed by atoms with Crippen LogP contribution in [0.1, 0.15) is 39.2 Å². The number of amides is 1. The van der Waals surface area contributed by atoms with E-state index in [1.165, 1.54) is 5.57 Å². The van der Waals surface area contributed by atoms with E-state index in [0.29, 0.717) is 6.54 Å². The molecule has 3 heteroatoms. The number of phenols is 1. The second kappa shape index (κ2) is 9.82. The van der Waals surface area contributed by atoms with Crippen molar-refractivity contribution in [3.8, 4) is 5.75 Å². The second-order valence-corrected chi connectivity index (χ2v) is 5.49. The zero-order chi connectivity index (χ0) is 16.4. The predicted octanol–water partition coefficient (Wildman–Crippen LogP) is 3.99. The highest BCUT2D eigenvalue weighted by molar-refractivity contribution is 5.78. The van der Waals surface area contributed by atoms with Gasteiger partial charge in [0, 0.05) is 12.5 Å². The topological polar surface area (TPSA) is 49.3 Å². The molecule has 0 aliphatic rings. The van der Waals surface area contributed by atoms with Crippen LogP contribution >= 0.6 is 0 Å². The van der Waals surface area contributed by atoms with E-state index < -0.39 is 0 Å². The van der Waals surface area contributed by atoms with E-state index >= 15 is 0 Å². The Morgan fingerprint density at radius 2 is 2.00 bits per heavy atom. The molecular weight excluding hydrogens is 274 g/mol. The van der Waals surface area contributed by atoms with E-state index in [9.17, 15) is 9.90 Å². The van der Waals surface area contributed by atoms with Crippen molar-refractivity contribution in [1.82, 2.24) is 5.32 Å². The molecular formula is C19H27NO2. The summed E-state index contributed by atoms with van der Waals surface area (Å²) in [6.07, 6.45) is 8.81. The third-order valence-corrected chi connectivity index (χ3v) is 3.58. The minimum absolute atomic E-state index is 0.0347. The normalized spacial score (nSPS) is 13.3. The molecule has 120 valence electrons. The van der Waals surface area contributed by atoms with Crippen molar-refractivity contribution >= 4 is 5.91 Å². The van der Waals surface area contributed by atoms with Crippen molar-refractivity contribution in [3.05, 3.63) is 53.6 Å². The number of phenolic OH excluding ortho intramolecular Hbond substituents is 1. The molecule has 0 bridgehead atoms. The summed E-state index contributed by atoms with van der Waals surface area (Å²) in [7, 11) is 0. The molecule has 1 amide bonds. The molecule has 1 aromatic rings. The Labute approximate surface area is 133 Å². The highest BCUT2D eigenvalue weighted by Gasteiger charge is 2.13. The van der Waals surface area contributed by atoms with Gasteiger partial charge in [0.15, 0.2) is 0 Å². The van der Waals surface area contributed by atoms with E-state index in [-0.39, 0.29) is 17.6 Å². The van der Waals surface area contributed by atoms with Gasteiger partial charge in [-0.3, -0.25) is 4.79 Å². The predicted molar refractivity (Wildman–Crippen MR) is 91.8 cm³/mol. The molecule has 1 unspecified atom stereocenters. The number of hydrogen-bond donors (Lipinski definition) is 2. The summed E-state index contributed by atoms with van der Waals surface area (Å²) in [5, 5.41) is 12.2. The van der Waals surface area contributed by atoms with E-state index in [2.05, 4.69) is 30.5 Å². The number of carbonyl (C=O) groups excluding carboxylic acids is 1. The van der Waals surface area contributed by atoms with Crippen LogP contribution in [0.3, 0.4) is 0 Å². The average molecular weight is 301 g/mol. The van der Waals surface area contributed by atoms with Crippen molar-refractivity contribution in [3.63, 3.8) is 0 Å². The molecule has 0 aromatic heterocycles. The van der Waals surface area contributed by atoms with Crippen molar-refractivity contribution in [2.24, 2.45) is 5.92 Å². The van der Waals surface area contributed by atoms with Gasteiger partial charge < -0.3 is 10.4 Å². The quantitative estimate of drug-likeness (QED) is 0.713. The maximum absolute atomic E-state index is 12.1. The second-order valence-electron chi connectivity index (χ2n) is 5.49. The van der Waals surface area contributed by atoms with Crippen LogP contribution in [0, 0.1) is 5.92 Å². The Bertz CT molecular complexity index is 515. The summed E-state index contributed by atoms with van der Waals surface area (Å²) < 4.78 is 0. The molecule has 1 rings (SSSR count). The molecule has 0 heterocycles. The van der Waals surface area contributed by atoms with Crippen molar-refractivity contribution < 1.29 is 9.90 Å². The fourth-order valence-corrected chi connectivity index (χ4v) is 2.16. The lowest BCUT2D eigenvalue weighted by molar-refractivity contribution is -0.124. The summed E-state index contributed by atoms with van der Waals surface area (Å²) in [6.45, 7) is 6.68. The minimum atomic E-state index is -0.0347. The molecule has 3 nitrogen and oxygen atoms in total. The Balaban J connectivity index is 2.37. The molecule has 0 fully saturated rings. The van der Waals surface area contributed by atoms with Crippen LogP contribution in [0.2, 0.25) is 0 Å². The first-order valence-corrected chi connectivity index (χ1v) is 7.94. The highest BCUT2D eigenvalue weighted by atomic mass is 16.3. The zero-order valence-corrected chi connectivity index (χ0v) is 13.8. The van der Waals surface area contributed by atoms with Gasteiger partial charge in [-0.2, -0.15) is 0 Å². The van der Waals surface area contributed by atoms with E-state index in [1.54, 1.807) is 12.1 Å². The SMILES string of the molecule is C/C=C(\C=C/CC)CC(C)C(=O)NCCc1ccc(O)cc1. The van der Waals surface area contributed by atoms with Gasteiger partial charge in [-0.05, 0) is 43.9 Å². The molecule has 0 aliphatic carbocycles. The first-order chi connectivity index (χ1) is 10.6. The van der Waals surface area contributed by atoms with Crippen molar-refractivity contribution in [1.29, 1.82) is 0 Å². The van der Waals surface area contributed by atoms with Gasteiger partial charge in [0.1, 0.15) is 5.75 Å². The summed E-state index contributed by atoms with van der Waals surface area (Å²) in [6, 6.07) is 7.08. The number of allylic oxidation sites excluding steroid dienone is 4. The van der Waals surface area contributed by atoms with Crippen LogP contribution in [0.5, 0.6) is 5.75 Å². The molecule has 0 saturated carbocycles. The summed E-state index contributed by atoms with van der Waals surface area (Å²) in [4.78, 5) is 12.1. The third kappa shape index (κ3) is 6.61. The Kier molecular flexibility index (Phi) is 8.05. The zero-order valence-electron chi connectivity index (χ0n) is 13.8. The van der Waals surface area contributed by atoms with Gasteiger partial charge in [-0.1, -0.05) is 49.8 Å². The largest absolute Gasteiger partial charge is 0.508 e. The molecule has 1 aromatic carbocycles.